The van der Waals surface area contributed by atoms with E-state index in [-0.39, 0.29) is 11.4 Å². The summed E-state index contributed by atoms with van der Waals surface area (Å²) in [6.45, 7) is 0.511. The maximum absolute atomic E-state index is 12.0. The lowest BCUT2D eigenvalue weighted by Gasteiger charge is -2.06. The zero-order valence-electron chi connectivity index (χ0n) is 9.67. The molecule has 2 rings (SSSR count). The van der Waals surface area contributed by atoms with E-state index >= 15 is 0 Å². The zero-order chi connectivity index (χ0) is 13.0. The number of sulfonamides is 1. The third-order valence-corrected chi connectivity index (χ3v) is 3.89. The van der Waals surface area contributed by atoms with Crippen LogP contribution in [0.1, 0.15) is 11.1 Å². The van der Waals surface area contributed by atoms with Crippen molar-refractivity contribution in [2.75, 3.05) is 0 Å². The third-order valence-electron chi connectivity index (χ3n) is 2.49. The largest absolute Gasteiger partial charge is 0.472 e. The van der Waals surface area contributed by atoms with E-state index in [1.54, 1.807) is 24.3 Å². The summed E-state index contributed by atoms with van der Waals surface area (Å²) in [5, 5.41) is 0. The van der Waals surface area contributed by atoms with Gasteiger partial charge in [0.05, 0.1) is 17.4 Å². The topological polar surface area (TPSA) is 85.3 Å². The van der Waals surface area contributed by atoms with Crippen molar-refractivity contribution >= 4 is 10.0 Å². The summed E-state index contributed by atoms with van der Waals surface area (Å²) in [6, 6.07) is 8.27. The molecule has 0 aliphatic heterocycles. The molecule has 0 saturated carbocycles. The Morgan fingerprint density at radius 2 is 2.06 bits per heavy atom. The minimum atomic E-state index is -3.52. The number of nitrogens with one attached hydrogen (secondary N) is 1. The first-order valence-corrected chi connectivity index (χ1v) is 6.90. The van der Waals surface area contributed by atoms with Gasteiger partial charge >= 0.3 is 0 Å². The molecular formula is C12H14N2O3S. The van der Waals surface area contributed by atoms with E-state index < -0.39 is 10.0 Å². The van der Waals surface area contributed by atoms with Crippen LogP contribution in [0, 0.1) is 0 Å². The van der Waals surface area contributed by atoms with E-state index in [0.29, 0.717) is 6.54 Å². The van der Waals surface area contributed by atoms with Crippen LogP contribution in [0.15, 0.2) is 52.2 Å². The third kappa shape index (κ3) is 2.98. The summed E-state index contributed by atoms with van der Waals surface area (Å²) in [5.74, 6) is 0. The monoisotopic (exact) mass is 266 g/mol. The molecule has 1 heterocycles. The van der Waals surface area contributed by atoms with Crippen LogP contribution in [0.3, 0.4) is 0 Å². The number of hydrogen-bond acceptors (Lipinski definition) is 4. The number of furan rings is 1. The van der Waals surface area contributed by atoms with Gasteiger partial charge in [0.1, 0.15) is 0 Å². The second-order valence-electron chi connectivity index (χ2n) is 3.81. The standard InChI is InChI=1S/C12H14N2O3S/c13-7-10-2-1-3-12(6-10)18(15,16)14-8-11-4-5-17-9-11/h1-6,9,14H,7-8,13H2. The molecule has 1 aromatic heterocycles. The molecular weight excluding hydrogens is 252 g/mol. The van der Waals surface area contributed by atoms with Crippen LogP contribution in [0.5, 0.6) is 0 Å². The fourth-order valence-corrected chi connectivity index (χ4v) is 2.58. The number of benzene rings is 1. The highest BCUT2D eigenvalue weighted by atomic mass is 32.2. The van der Waals surface area contributed by atoms with Crippen molar-refractivity contribution in [2.45, 2.75) is 18.0 Å². The smallest absolute Gasteiger partial charge is 0.240 e. The lowest BCUT2D eigenvalue weighted by Crippen LogP contribution is -2.23. The molecule has 3 N–H and O–H groups in total. The number of rotatable bonds is 5. The Kier molecular flexibility index (Phi) is 3.81. The summed E-state index contributed by atoms with van der Waals surface area (Å²) >= 11 is 0. The van der Waals surface area contributed by atoms with E-state index in [1.807, 2.05) is 0 Å². The van der Waals surface area contributed by atoms with Gasteiger partial charge in [0.15, 0.2) is 0 Å². The van der Waals surface area contributed by atoms with Gasteiger partial charge < -0.3 is 10.2 Å². The Labute approximate surface area is 106 Å². The van der Waals surface area contributed by atoms with Crippen molar-refractivity contribution in [1.82, 2.24) is 4.72 Å². The first-order valence-electron chi connectivity index (χ1n) is 5.41. The van der Waals surface area contributed by atoms with Gasteiger partial charge in [-0.25, -0.2) is 13.1 Å². The lowest BCUT2D eigenvalue weighted by atomic mass is 10.2. The second kappa shape index (κ2) is 5.34. The van der Waals surface area contributed by atoms with E-state index in [2.05, 4.69) is 4.72 Å². The van der Waals surface area contributed by atoms with Crippen molar-refractivity contribution in [2.24, 2.45) is 5.73 Å². The van der Waals surface area contributed by atoms with Gasteiger partial charge in [0, 0.05) is 18.7 Å². The van der Waals surface area contributed by atoms with Crippen molar-refractivity contribution in [3.05, 3.63) is 54.0 Å². The molecule has 6 heteroatoms. The summed E-state index contributed by atoms with van der Waals surface area (Å²) < 4.78 is 31.4. The van der Waals surface area contributed by atoms with Gasteiger partial charge in [-0.05, 0) is 23.8 Å². The van der Waals surface area contributed by atoms with Crippen LogP contribution >= 0.6 is 0 Å². The van der Waals surface area contributed by atoms with Gasteiger partial charge in [-0.15, -0.1) is 0 Å². The quantitative estimate of drug-likeness (QED) is 0.852. The van der Waals surface area contributed by atoms with Crippen LogP contribution in [0.25, 0.3) is 0 Å². The molecule has 2 aromatic rings. The van der Waals surface area contributed by atoms with Crippen LogP contribution < -0.4 is 10.5 Å². The molecule has 0 fully saturated rings. The fraction of sp³-hybridized carbons (Fsp3) is 0.167. The number of hydrogen-bond donors (Lipinski definition) is 2. The average molecular weight is 266 g/mol. The molecule has 96 valence electrons. The van der Waals surface area contributed by atoms with Gasteiger partial charge in [0.2, 0.25) is 10.0 Å². The first-order chi connectivity index (χ1) is 8.62. The average Bonchev–Trinajstić information content (AvgIpc) is 2.90. The van der Waals surface area contributed by atoms with E-state index in [0.717, 1.165) is 11.1 Å². The summed E-state index contributed by atoms with van der Waals surface area (Å²) in [5.41, 5.74) is 7.04. The van der Waals surface area contributed by atoms with Gasteiger partial charge in [0.25, 0.3) is 0 Å². The molecule has 5 nitrogen and oxygen atoms in total. The highest BCUT2D eigenvalue weighted by Gasteiger charge is 2.13. The number of nitrogens with two attached hydrogens (primary N) is 1. The maximum Gasteiger partial charge on any atom is 0.240 e. The molecule has 0 unspecified atom stereocenters. The minimum Gasteiger partial charge on any atom is -0.472 e. The van der Waals surface area contributed by atoms with Gasteiger partial charge in [-0.2, -0.15) is 0 Å². The SMILES string of the molecule is NCc1cccc(S(=O)(=O)NCc2ccoc2)c1. The van der Waals surface area contributed by atoms with Crippen LogP contribution in [0.2, 0.25) is 0 Å². The predicted octanol–water partition coefficient (Wildman–Crippen LogP) is 1.22. The highest BCUT2D eigenvalue weighted by molar-refractivity contribution is 7.89. The molecule has 0 saturated heterocycles. The van der Waals surface area contributed by atoms with Crippen LogP contribution in [0.4, 0.5) is 0 Å². The van der Waals surface area contributed by atoms with Crippen molar-refractivity contribution in [3.63, 3.8) is 0 Å². The van der Waals surface area contributed by atoms with Crippen LogP contribution in [-0.4, -0.2) is 8.42 Å². The van der Waals surface area contributed by atoms with Crippen molar-refractivity contribution < 1.29 is 12.8 Å². The Bertz CT molecular complexity index is 606. The predicted molar refractivity (Wildman–Crippen MR) is 67.1 cm³/mol. The van der Waals surface area contributed by atoms with Crippen molar-refractivity contribution in [1.29, 1.82) is 0 Å². The van der Waals surface area contributed by atoms with Gasteiger partial charge in [-0.3, -0.25) is 0 Å². The minimum absolute atomic E-state index is 0.200. The van der Waals surface area contributed by atoms with E-state index in [1.165, 1.54) is 18.6 Å². The van der Waals surface area contributed by atoms with Gasteiger partial charge in [-0.1, -0.05) is 12.1 Å². The first kappa shape index (κ1) is 12.8. The summed E-state index contributed by atoms with van der Waals surface area (Å²) in [7, 11) is -3.52. The molecule has 18 heavy (non-hydrogen) atoms. The normalized spacial score (nSPS) is 11.6. The molecule has 0 aliphatic carbocycles. The lowest BCUT2D eigenvalue weighted by molar-refractivity contribution is 0.561. The molecule has 0 spiro atoms. The van der Waals surface area contributed by atoms with Crippen LogP contribution in [-0.2, 0) is 23.1 Å². The van der Waals surface area contributed by atoms with Crippen molar-refractivity contribution in [3.8, 4) is 0 Å². The zero-order valence-corrected chi connectivity index (χ0v) is 10.5. The molecule has 0 radical (unpaired) electrons. The molecule has 0 bridgehead atoms. The Hall–Kier alpha value is -1.63. The summed E-state index contributed by atoms with van der Waals surface area (Å²) in [6.07, 6.45) is 3.00. The molecule has 1 aromatic carbocycles. The Morgan fingerprint density at radius 3 is 2.72 bits per heavy atom. The maximum atomic E-state index is 12.0. The fourth-order valence-electron chi connectivity index (χ4n) is 1.49. The highest BCUT2D eigenvalue weighted by Crippen LogP contribution is 2.12. The Morgan fingerprint density at radius 1 is 1.22 bits per heavy atom. The molecule has 0 aliphatic rings. The second-order valence-corrected chi connectivity index (χ2v) is 5.57. The summed E-state index contributed by atoms with van der Waals surface area (Å²) in [4.78, 5) is 0.217. The van der Waals surface area contributed by atoms with E-state index in [9.17, 15) is 8.42 Å². The molecule has 0 amide bonds. The van der Waals surface area contributed by atoms with E-state index in [4.69, 9.17) is 10.2 Å². The molecule has 0 atom stereocenters. The Balaban J connectivity index is 2.14.